The number of nitrogens with two attached hydrogens (primary N) is 2. The first kappa shape index (κ1) is 15.9. The topological polar surface area (TPSA) is 67.8 Å². The molecule has 2 heterocycles. The van der Waals surface area contributed by atoms with Crippen molar-refractivity contribution in [1.29, 1.82) is 0 Å². The Hall–Kier alpha value is -0.200. The first-order valence-corrected chi connectivity index (χ1v) is 7.29. The molecule has 18 heavy (non-hydrogen) atoms. The van der Waals surface area contributed by atoms with Gasteiger partial charge in [-0.3, -0.25) is 4.90 Å². The van der Waals surface area contributed by atoms with Crippen molar-refractivity contribution in [3.05, 3.63) is 0 Å². The van der Waals surface area contributed by atoms with E-state index in [0.29, 0.717) is 0 Å². The standard InChI is InChI=1S/C7H16N2.C6H14N2O/c8-4-7-9-5-2-1-3-6-9;7-1-2-8-3-5-9-6-4-8/h1-8H2;1-7H2. The number of likely N-dealkylation sites (tertiary alicyclic amines) is 1. The molecule has 2 aliphatic rings. The fraction of sp³-hybridized carbons (Fsp3) is 1.00. The van der Waals surface area contributed by atoms with Gasteiger partial charge in [-0.1, -0.05) is 6.42 Å². The summed E-state index contributed by atoms with van der Waals surface area (Å²) in [4.78, 5) is 4.77. The van der Waals surface area contributed by atoms with Crippen molar-refractivity contribution in [2.45, 2.75) is 19.3 Å². The predicted octanol–water partition coefficient (Wildman–Crippen LogP) is -0.292. The average molecular weight is 258 g/mol. The van der Waals surface area contributed by atoms with Crippen LogP contribution in [0.4, 0.5) is 0 Å². The van der Waals surface area contributed by atoms with E-state index in [9.17, 15) is 0 Å². The zero-order chi connectivity index (χ0) is 13.1. The lowest BCUT2D eigenvalue weighted by atomic mass is 10.1. The number of nitrogens with zero attached hydrogens (tertiary/aromatic N) is 2. The number of hydrogen-bond donors (Lipinski definition) is 2. The van der Waals surface area contributed by atoms with E-state index in [0.717, 1.165) is 52.5 Å². The highest BCUT2D eigenvalue weighted by atomic mass is 16.5. The van der Waals surface area contributed by atoms with Crippen LogP contribution in [-0.2, 0) is 4.74 Å². The quantitative estimate of drug-likeness (QED) is 0.725. The maximum Gasteiger partial charge on any atom is 0.0594 e. The molecule has 2 fully saturated rings. The first-order valence-electron chi connectivity index (χ1n) is 7.29. The second kappa shape index (κ2) is 10.7. The molecular weight excluding hydrogens is 228 g/mol. The Morgan fingerprint density at radius 2 is 1.22 bits per heavy atom. The largest absolute Gasteiger partial charge is 0.379 e. The molecule has 5 heteroatoms. The van der Waals surface area contributed by atoms with Gasteiger partial charge in [-0.15, -0.1) is 0 Å². The Labute approximate surface area is 111 Å². The van der Waals surface area contributed by atoms with Crippen molar-refractivity contribution < 1.29 is 4.74 Å². The third-order valence-electron chi connectivity index (χ3n) is 3.44. The van der Waals surface area contributed by atoms with Gasteiger partial charge in [0.1, 0.15) is 0 Å². The van der Waals surface area contributed by atoms with Crippen LogP contribution in [0, 0.1) is 0 Å². The van der Waals surface area contributed by atoms with Gasteiger partial charge < -0.3 is 21.1 Å². The summed E-state index contributed by atoms with van der Waals surface area (Å²) < 4.78 is 5.16. The van der Waals surface area contributed by atoms with Gasteiger partial charge in [0.25, 0.3) is 0 Å². The Balaban J connectivity index is 0.000000180. The zero-order valence-corrected chi connectivity index (χ0v) is 11.6. The second-order valence-electron chi connectivity index (χ2n) is 4.93. The van der Waals surface area contributed by atoms with E-state index in [1.165, 1.54) is 32.4 Å². The van der Waals surface area contributed by atoms with Crippen molar-refractivity contribution >= 4 is 0 Å². The summed E-state index contributed by atoms with van der Waals surface area (Å²) in [6.07, 6.45) is 4.17. The van der Waals surface area contributed by atoms with Crippen LogP contribution in [0.3, 0.4) is 0 Å². The van der Waals surface area contributed by atoms with Crippen LogP contribution in [0.5, 0.6) is 0 Å². The summed E-state index contributed by atoms with van der Waals surface area (Å²) in [7, 11) is 0. The summed E-state index contributed by atoms with van der Waals surface area (Å²) >= 11 is 0. The SMILES string of the molecule is NCCN1CCCCC1.NCCN1CCOCC1. The summed E-state index contributed by atoms with van der Waals surface area (Å²) in [5, 5.41) is 0. The number of piperidine rings is 1. The van der Waals surface area contributed by atoms with Crippen LogP contribution >= 0.6 is 0 Å². The summed E-state index contributed by atoms with van der Waals surface area (Å²) in [6.45, 7) is 10.1. The van der Waals surface area contributed by atoms with Gasteiger partial charge in [-0.25, -0.2) is 0 Å². The Morgan fingerprint density at radius 3 is 1.72 bits per heavy atom. The van der Waals surface area contributed by atoms with E-state index in [1.807, 2.05) is 0 Å². The molecule has 0 aromatic carbocycles. The van der Waals surface area contributed by atoms with Gasteiger partial charge in [0.15, 0.2) is 0 Å². The Bertz CT molecular complexity index is 154. The van der Waals surface area contributed by atoms with E-state index in [4.69, 9.17) is 16.2 Å². The lowest BCUT2D eigenvalue weighted by molar-refractivity contribution is 0.0394. The van der Waals surface area contributed by atoms with Crippen LogP contribution in [-0.4, -0.2) is 75.4 Å². The van der Waals surface area contributed by atoms with E-state index in [-0.39, 0.29) is 0 Å². The molecule has 0 amide bonds. The van der Waals surface area contributed by atoms with E-state index < -0.39 is 0 Å². The van der Waals surface area contributed by atoms with E-state index in [1.54, 1.807) is 0 Å². The molecule has 0 atom stereocenters. The smallest absolute Gasteiger partial charge is 0.0594 e. The first-order chi connectivity index (χ1) is 8.86. The zero-order valence-electron chi connectivity index (χ0n) is 11.6. The fourth-order valence-corrected chi connectivity index (χ4v) is 2.37. The average Bonchev–Trinajstić information content (AvgIpc) is 2.43. The lowest BCUT2D eigenvalue weighted by Crippen LogP contribution is -2.39. The molecule has 0 spiro atoms. The molecule has 0 unspecified atom stereocenters. The molecule has 2 aliphatic heterocycles. The van der Waals surface area contributed by atoms with Crippen LogP contribution in [0.15, 0.2) is 0 Å². The molecule has 0 aliphatic carbocycles. The van der Waals surface area contributed by atoms with Gasteiger partial charge in [0.05, 0.1) is 13.2 Å². The maximum absolute atomic E-state index is 5.42. The van der Waals surface area contributed by atoms with Crippen molar-refractivity contribution in [2.75, 3.05) is 65.6 Å². The normalized spacial score (nSPS) is 22.3. The number of rotatable bonds is 4. The number of hydrogen-bond acceptors (Lipinski definition) is 5. The highest BCUT2D eigenvalue weighted by Crippen LogP contribution is 2.06. The molecule has 108 valence electrons. The van der Waals surface area contributed by atoms with Gasteiger partial charge in [0, 0.05) is 39.3 Å². The van der Waals surface area contributed by atoms with Crippen LogP contribution < -0.4 is 11.5 Å². The Morgan fingerprint density at radius 1 is 0.722 bits per heavy atom. The van der Waals surface area contributed by atoms with Crippen molar-refractivity contribution in [3.63, 3.8) is 0 Å². The van der Waals surface area contributed by atoms with Gasteiger partial charge >= 0.3 is 0 Å². The minimum Gasteiger partial charge on any atom is -0.379 e. The van der Waals surface area contributed by atoms with Crippen LogP contribution in [0.2, 0.25) is 0 Å². The molecule has 0 bridgehead atoms. The molecule has 0 saturated carbocycles. The third-order valence-corrected chi connectivity index (χ3v) is 3.44. The number of morpholine rings is 1. The molecule has 0 aromatic rings. The summed E-state index contributed by atoms with van der Waals surface area (Å²) in [5.74, 6) is 0. The third kappa shape index (κ3) is 7.28. The minimum absolute atomic E-state index is 0.764. The molecule has 5 nitrogen and oxygen atoms in total. The molecule has 4 N–H and O–H groups in total. The highest BCUT2D eigenvalue weighted by Gasteiger charge is 2.08. The molecule has 0 aromatic heterocycles. The molecule has 2 rings (SSSR count). The predicted molar refractivity (Wildman–Crippen MR) is 75.7 cm³/mol. The summed E-state index contributed by atoms with van der Waals surface area (Å²) in [6, 6.07) is 0. The molecule has 0 radical (unpaired) electrons. The van der Waals surface area contributed by atoms with Crippen molar-refractivity contribution in [3.8, 4) is 0 Å². The highest BCUT2D eigenvalue weighted by molar-refractivity contribution is 4.63. The minimum atomic E-state index is 0.764. The number of ether oxygens (including phenoxy) is 1. The van der Waals surface area contributed by atoms with E-state index >= 15 is 0 Å². The Kier molecular flexibility index (Phi) is 9.42. The van der Waals surface area contributed by atoms with Crippen molar-refractivity contribution in [2.24, 2.45) is 11.5 Å². The van der Waals surface area contributed by atoms with Crippen LogP contribution in [0.1, 0.15) is 19.3 Å². The van der Waals surface area contributed by atoms with Gasteiger partial charge in [0.2, 0.25) is 0 Å². The van der Waals surface area contributed by atoms with Gasteiger partial charge in [-0.05, 0) is 25.9 Å². The van der Waals surface area contributed by atoms with E-state index in [2.05, 4.69) is 9.80 Å². The van der Waals surface area contributed by atoms with Crippen LogP contribution in [0.25, 0.3) is 0 Å². The fourth-order valence-electron chi connectivity index (χ4n) is 2.37. The molecule has 2 saturated heterocycles. The monoisotopic (exact) mass is 258 g/mol. The van der Waals surface area contributed by atoms with Gasteiger partial charge in [-0.2, -0.15) is 0 Å². The molecular formula is C13H30N4O. The lowest BCUT2D eigenvalue weighted by Gasteiger charge is -2.25. The van der Waals surface area contributed by atoms with Crippen molar-refractivity contribution in [1.82, 2.24) is 9.80 Å². The second-order valence-corrected chi connectivity index (χ2v) is 4.93. The summed E-state index contributed by atoms with van der Waals surface area (Å²) in [5.41, 5.74) is 10.8. The maximum atomic E-state index is 5.42.